The molecule has 5 nitrogen and oxygen atoms in total. The maximum Gasteiger partial charge on any atom is 0.309 e. The number of rotatable bonds is 6. The first-order valence-electron chi connectivity index (χ1n) is 10.3. The Morgan fingerprint density at radius 2 is 1.80 bits per heavy atom. The van der Waals surface area contributed by atoms with Crippen LogP contribution >= 0.6 is 11.8 Å². The number of benzene rings is 2. The molecule has 0 saturated heterocycles. The zero-order valence-electron chi connectivity index (χ0n) is 18.3. The highest BCUT2D eigenvalue weighted by Crippen LogP contribution is 2.47. The molecule has 2 aromatic rings. The lowest BCUT2D eigenvalue weighted by Gasteiger charge is -2.28. The molecule has 30 heavy (non-hydrogen) atoms. The number of nitrogens with one attached hydrogen (secondary N) is 1. The number of thioether (sulfide) groups is 1. The van der Waals surface area contributed by atoms with Crippen molar-refractivity contribution in [1.29, 1.82) is 0 Å². The van der Waals surface area contributed by atoms with Crippen molar-refractivity contribution in [1.82, 2.24) is 5.32 Å². The van der Waals surface area contributed by atoms with Crippen LogP contribution in [0.5, 0.6) is 0 Å². The van der Waals surface area contributed by atoms with E-state index < -0.39 is 6.10 Å². The van der Waals surface area contributed by atoms with Gasteiger partial charge in [0.2, 0.25) is 0 Å². The molecule has 160 valence electrons. The van der Waals surface area contributed by atoms with Gasteiger partial charge in [0.1, 0.15) is 0 Å². The van der Waals surface area contributed by atoms with E-state index in [1.54, 1.807) is 30.5 Å². The van der Waals surface area contributed by atoms with Crippen molar-refractivity contribution in [2.45, 2.75) is 43.9 Å². The molecule has 1 N–H and O–H groups in total. The average molecular weight is 427 g/mol. The van der Waals surface area contributed by atoms with Gasteiger partial charge in [-0.1, -0.05) is 49.7 Å². The minimum Gasteiger partial charge on any atom is -0.450 e. The Kier molecular flexibility index (Phi) is 7.21. The van der Waals surface area contributed by atoms with E-state index in [4.69, 9.17) is 4.74 Å². The number of nitrogens with zero attached hydrogens (tertiary/aromatic N) is 1. The van der Waals surface area contributed by atoms with Crippen LogP contribution in [0.1, 0.15) is 35.8 Å². The molecule has 0 spiro atoms. The van der Waals surface area contributed by atoms with E-state index >= 15 is 0 Å². The molecule has 1 amide bonds. The molecule has 6 heteroatoms. The normalized spacial score (nSPS) is 18.9. The summed E-state index contributed by atoms with van der Waals surface area (Å²) in [5.74, 6) is -0.846. The zero-order chi connectivity index (χ0) is 21.8. The topological polar surface area (TPSA) is 58.6 Å². The lowest BCUT2D eigenvalue weighted by atomic mass is 10.0. The number of esters is 1. The van der Waals surface area contributed by atoms with Crippen molar-refractivity contribution in [3.63, 3.8) is 0 Å². The van der Waals surface area contributed by atoms with Gasteiger partial charge in [-0.05, 0) is 44.2 Å². The molecule has 1 heterocycles. The van der Waals surface area contributed by atoms with Crippen LogP contribution < -0.4 is 10.2 Å². The van der Waals surface area contributed by atoms with Gasteiger partial charge in [-0.2, -0.15) is 0 Å². The highest BCUT2D eigenvalue weighted by Gasteiger charge is 2.41. The van der Waals surface area contributed by atoms with Gasteiger partial charge in [0, 0.05) is 18.0 Å². The van der Waals surface area contributed by atoms with Gasteiger partial charge in [-0.3, -0.25) is 9.59 Å². The Labute approximate surface area is 183 Å². The molecule has 1 aliphatic rings. The molecule has 3 rings (SSSR count). The summed E-state index contributed by atoms with van der Waals surface area (Å²) >= 11 is 1.59. The Bertz CT molecular complexity index is 911. The fourth-order valence-corrected chi connectivity index (χ4v) is 4.78. The van der Waals surface area contributed by atoms with Gasteiger partial charge in [0.25, 0.3) is 5.91 Å². The SMILES string of the molecule is CNCCN1C(=O)C(OC(=O)C(C)C)C(c2ccc(C)cc2)Sc2cc(C)ccc21. The Morgan fingerprint density at radius 1 is 1.13 bits per heavy atom. The summed E-state index contributed by atoms with van der Waals surface area (Å²) in [6, 6.07) is 14.2. The number of carbonyl (C=O) groups excluding carboxylic acids is 2. The van der Waals surface area contributed by atoms with Gasteiger partial charge in [0.05, 0.1) is 16.9 Å². The van der Waals surface area contributed by atoms with Gasteiger partial charge < -0.3 is 15.0 Å². The molecular formula is C24H30N2O3S. The van der Waals surface area contributed by atoms with Gasteiger partial charge in [-0.25, -0.2) is 0 Å². The number of hydrogen-bond donors (Lipinski definition) is 1. The fourth-order valence-electron chi connectivity index (χ4n) is 3.37. The van der Waals surface area contributed by atoms with E-state index in [0.29, 0.717) is 13.1 Å². The van der Waals surface area contributed by atoms with Crippen molar-refractivity contribution in [3.8, 4) is 0 Å². The first-order chi connectivity index (χ1) is 14.3. The van der Waals surface area contributed by atoms with Gasteiger partial charge in [0.15, 0.2) is 6.10 Å². The van der Waals surface area contributed by atoms with Crippen LogP contribution in [0.3, 0.4) is 0 Å². The number of aryl methyl sites for hydroxylation is 2. The minimum absolute atomic E-state index is 0.181. The molecule has 0 fully saturated rings. The van der Waals surface area contributed by atoms with Crippen LogP contribution in [0.15, 0.2) is 47.4 Å². The van der Waals surface area contributed by atoms with Crippen LogP contribution in [0.4, 0.5) is 5.69 Å². The molecule has 0 radical (unpaired) electrons. The Balaban J connectivity index is 2.11. The number of ether oxygens (including phenoxy) is 1. The highest BCUT2D eigenvalue weighted by atomic mass is 32.2. The van der Waals surface area contributed by atoms with E-state index in [2.05, 4.69) is 11.4 Å². The van der Waals surface area contributed by atoms with E-state index in [0.717, 1.165) is 27.3 Å². The molecule has 2 aromatic carbocycles. The highest BCUT2D eigenvalue weighted by molar-refractivity contribution is 7.99. The van der Waals surface area contributed by atoms with Crippen LogP contribution in [-0.2, 0) is 14.3 Å². The summed E-state index contributed by atoms with van der Waals surface area (Å²) in [6.07, 6.45) is -0.892. The number of likely N-dealkylation sites (N-methyl/N-ethyl adjacent to an activating group) is 1. The third kappa shape index (κ3) is 4.87. The molecule has 0 aromatic heterocycles. The van der Waals surface area contributed by atoms with Gasteiger partial charge >= 0.3 is 5.97 Å². The second-order valence-electron chi connectivity index (χ2n) is 8.03. The zero-order valence-corrected chi connectivity index (χ0v) is 19.1. The molecular weight excluding hydrogens is 396 g/mol. The van der Waals surface area contributed by atoms with Crippen LogP contribution in [0.25, 0.3) is 0 Å². The average Bonchev–Trinajstić information content (AvgIpc) is 2.82. The molecule has 2 unspecified atom stereocenters. The van der Waals surface area contributed by atoms with Crippen LogP contribution in [0, 0.1) is 19.8 Å². The largest absolute Gasteiger partial charge is 0.450 e. The minimum atomic E-state index is -0.892. The molecule has 0 aliphatic carbocycles. The Morgan fingerprint density at radius 3 is 2.43 bits per heavy atom. The smallest absolute Gasteiger partial charge is 0.309 e. The molecule has 0 bridgehead atoms. The number of hydrogen-bond acceptors (Lipinski definition) is 5. The number of anilines is 1. The maximum absolute atomic E-state index is 13.7. The lowest BCUT2D eigenvalue weighted by molar-refractivity contribution is -0.158. The van der Waals surface area contributed by atoms with Crippen LogP contribution in [0.2, 0.25) is 0 Å². The van der Waals surface area contributed by atoms with E-state index in [1.807, 2.05) is 57.3 Å². The van der Waals surface area contributed by atoms with E-state index in [1.165, 1.54) is 0 Å². The maximum atomic E-state index is 13.7. The monoisotopic (exact) mass is 426 g/mol. The standard InChI is InChI=1S/C24H30N2O3S/c1-15(2)24(28)29-21-22(18-9-6-16(3)7-10-18)30-20-14-17(4)8-11-19(20)26(23(21)27)13-12-25-5/h6-11,14-15,21-22,25H,12-13H2,1-5H3. The third-order valence-corrected chi connectivity index (χ3v) is 6.50. The van der Waals surface area contributed by atoms with Crippen molar-refractivity contribution < 1.29 is 14.3 Å². The summed E-state index contributed by atoms with van der Waals surface area (Å²) in [7, 11) is 1.86. The second-order valence-corrected chi connectivity index (χ2v) is 9.21. The lowest BCUT2D eigenvalue weighted by Crippen LogP contribution is -2.45. The number of fused-ring (bicyclic) bond motifs is 1. The number of amides is 1. The first kappa shape index (κ1) is 22.4. The van der Waals surface area contributed by atoms with Crippen molar-refractivity contribution in [2.24, 2.45) is 5.92 Å². The summed E-state index contributed by atoms with van der Waals surface area (Å²) in [5, 5.41) is 2.79. The first-order valence-corrected chi connectivity index (χ1v) is 11.2. The second kappa shape index (κ2) is 9.67. The third-order valence-electron chi connectivity index (χ3n) is 5.15. The molecule has 0 saturated carbocycles. The summed E-state index contributed by atoms with van der Waals surface area (Å²) in [5.41, 5.74) is 4.11. The summed E-state index contributed by atoms with van der Waals surface area (Å²) < 4.78 is 5.84. The fraction of sp³-hybridized carbons (Fsp3) is 0.417. The van der Waals surface area contributed by atoms with Gasteiger partial charge in [-0.15, -0.1) is 11.8 Å². The summed E-state index contributed by atoms with van der Waals surface area (Å²) in [6.45, 7) is 8.79. The van der Waals surface area contributed by atoms with E-state index in [-0.39, 0.29) is 23.0 Å². The van der Waals surface area contributed by atoms with Crippen LogP contribution in [-0.4, -0.2) is 38.1 Å². The molecule has 1 aliphatic heterocycles. The van der Waals surface area contributed by atoms with E-state index in [9.17, 15) is 9.59 Å². The number of carbonyl (C=O) groups is 2. The van der Waals surface area contributed by atoms with Crippen molar-refractivity contribution >= 4 is 29.3 Å². The summed E-state index contributed by atoms with van der Waals surface area (Å²) in [4.78, 5) is 29.0. The molecule has 2 atom stereocenters. The van der Waals surface area contributed by atoms with Crippen molar-refractivity contribution in [3.05, 3.63) is 59.2 Å². The van der Waals surface area contributed by atoms with Crippen molar-refractivity contribution in [2.75, 3.05) is 25.0 Å². The predicted molar refractivity (Wildman–Crippen MR) is 122 cm³/mol. The quantitative estimate of drug-likeness (QED) is 0.699. The Hall–Kier alpha value is -2.31. The predicted octanol–water partition coefficient (Wildman–Crippen LogP) is 4.27.